The van der Waals surface area contributed by atoms with Gasteiger partial charge in [-0.3, -0.25) is 9.20 Å². The summed E-state index contributed by atoms with van der Waals surface area (Å²) in [7, 11) is 0. The molecule has 4 nitrogen and oxygen atoms in total. The average molecular weight is 412 g/mol. The van der Waals surface area contributed by atoms with E-state index in [1.165, 1.54) is 11.1 Å². The number of benzene rings is 2. The number of pyridine rings is 1. The van der Waals surface area contributed by atoms with Crippen molar-refractivity contribution in [2.75, 3.05) is 0 Å². The van der Waals surface area contributed by atoms with Crippen molar-refractivity contribution >= 4 is 11.6 Å². The highest BCUT2D eigenvalue weighted by Crippen LogP contribution is 2.24. The van der Waals surface area contributed by atoms with E-state index >= 15 is 0 Å². The molecule has 0 saturated carbocycles. The number of rotatable bonds is 7. The molecular formula is C27H29N3O. The molecular weight excluding hydrogens is 382 g/mol. The van der Waals surface area contributed by atoms with Gasteiger partial charge in [-0.05, 0) is 29.2 Å². The van der Waals surface area contributed by atoms with Crippen molar-refractivity contribution in [1.82, 2.24) is 14.7 Å². The molecule has 2 aromatic heterocycles. The average Bonchev–Trinajstić information content (AvgIpc) is 3.20. The summed E-state index contributed by atoms with van der Waals surface area (Å²) in [6.45, 7) is 6.48. The third-order valence-corrected chi connectivity index (χ3v) is 5.88. The molecule has 4 heteroatoms. The predicted molar refractivity (Wildman–Crippen MR) is 125 cm³/mol. The van der Waals surface area contributed by atoms with Crippen LogP contribution in [0.15, 0.2) is 85.1 Å². The normalized spacial score (nSPS) is 13.3. The van der Waals surface area contributed by atoms with Gasteiger partial charge in [0.05, 0.1) is 5.69 Å². The Morgan fingerprint density at radius 1 is 0.903 bits per heavy atom. The van der Waals surface area contributed by atoms with E-state index < -0.39 is 0 Å². The van der Waals surface area contributed by atoms with Gasteiger partial charge in [-0.2, -0.15) is 0 Å². The maximum Gasteiger partial charge on any atom is 0.268 e. The summed E-state index contributed by atoms with van der Waals surface area (Å²) in [5.41, 5.74) is 4.77. The summed E-state index contributed by atoms with van der Waals surface area (Å²) in [5, 5.41) is 3.29. The Hall–Kier alpha value is -3.40. The Morgan fingerprint density at radius 3 is 2.26 bits per heavy atom. The van der Waals surface area contributed by atoms with Crippen molar-refractivity contribution < 1.29 is 4.79 Å². The lowest BCUT2D eigenvalue weighted by Crippen LogP contribution is -2.42. The van der Waals surface area contributed by atoms with Gasteiger partial charge in [-0.1, -0.05) is 87.5 Å². The number of carbonyl (C=O) groups excluding carboxylic acids is 1. The predicted octanol–water partition coefficient (Wildman–Crippen LogP) is 5.48. The van der Waals surface area contributed by atoms with Crippen LogP contribution in [0.4, 0.5) is 0 Å². The monoisotopic (exact) mass is 411 g/mol. The molecule has 0 aliphatic heterocycles. The van der Waals surface area contributed by atoms with Gasteiger partial charge in [-0.25, -0.2) is 4.98 Å². The lowest BCUT2D eigenvalue weighted by atomic mass is 9.86. The number of nitrogens with zero attached hydrogens (tertiary/aromatic N) is 2. The van der Waals surface area contributed by atoms with E-state index in [-0.39, 0.29) is 17.9 Å². The lowest BCUT2D eigenvalue weighted by molar-refractivity contribution is 0.0912. The first-order chi connectivity index (χ1) is 15.0. The first kappa shape index (κ1) is 20.9. The van der Waals surface area contributed by atoms with E-state index in [0.717, 1.165) is 17.8 Å². The maximum atomic E-state index is 13.3. The molecule has 2 atom stereocenters. The van der Waals surface area contributed by atoms with Crippen LogP contribution in [0, 0.1) is 5.92 Å². The molecule has 0 radical (unpaired) electrons. The third kappa shape index (κ3) is 4.69. The number of aromatic nitrogens is 2. The molecule has 158 valence electrons. The van der Waals surface area contributed by atoms with Crippen molar-refractivity contribution in [2.24, 2.45) is 5.92 Å². The zero-order chi connectivity index (χ0) is 21.8. The third-order valence-electron chi connectivity index (χ3n) is 5.88. The molecule has 4 rings (SSSR count). The number of hydrogen-bond donors (Lipinski definition) is 1. The molecule has 0 spiro atoms. The van der Waals surface area contributed by atoms with E-state index in [9.17, 15) is 4.79 Å². The van der Waals surface area contributed by atoms with Crippen LogP contribution >= 0.6 is 0 Å². The Morgan fingerprint density at radius 2 is 1.58 bits per heavy atom. The van der Waals surface area contributed by atoms with Crippen molar-refractivity contribution in [3.63, 3.8) is 0 Å². The van der Waals surface area contributed by atoms with E-state index in [1.54, 1.807) is 0 Å². The first-order valence-corrected chi connectivity index (χ1v) is 10.9. The Kier molecular flexibility index (Phi) is 6.17. The van der Waals surface area contributed by atoms with Crippen molar-refractivity contribution in [2.45, 2.75) is 39.2 Å². The molecule has 1 N–H and O–H groups in total. The first-order valence-electron chi connectivity index (χ1n) is 10.9. The summed E-state index contributed by atoms with van der Waals surface area (Å²) >= 11 is 0. The van der Waals surface area contributed by atoms with E-state index in [4.69, 9.17) is 4.98 Å². The van der Waals surface area contributed by atoms with Gasteiger partial charge < -0.3 is 5.32 Å². The minimum absolute atomic E-state index is 0.0254. The van der Waals surface area contributed by atoms with Crippen molar-refractivity contribution in [1.29, 1.82) is 0 Å². The highest BCUT2D eigenvalue weighted by molar-refractivity contribution is 5.93. The van der Waals surface area contributed by atoms with Gasteiger partial charge in [-0.15, -0.1) is 0 Å². The number of carbonyl (C=O) groups is 1. The van der Waals surface area contributed by atoms with Gasteiger partial charge in [0.15, 0.2) is 0 Å². The summed E-state index contributed by atoms with van der Waals surface area (Å²) in [5.74, 6) is 0.436. The molecule has 2 aromatic carbocycles. The van der Waals surface area contributed by atoms with Crippen LogP contribution < -0.4 is 5.32 Å². The zero-order valence-electron chi connectivity index (χ0n) is 18.3. The minimum atomic E-state index is -0.0734. The number of hydrogen-bond acceptors (Lipinski definition) is 2. The zero-order valence-corrected chi connectivity index (χ0v) is 18.3. The molecule has 2 unspecified atom stereocenters. The van der Waals surface area contributed by atoms with Crippen LogP contribution in [-0.2, 0) is 6.42 Å². The van der Waals surface area contributed by atoms with Crippen LogP contribution in [0.25, 0.3) is 5.65 Å². The van der Waals surface area contributed by atoms with Gasteiger partial charge in [0.1, 0.15) is 11.3 Å². The quantitative estimate of drug-likeness (QED) is 0.437. The van der Waals surface area contributed by atoms with Gasteiger partial charge in [0, 0.05) is 24.6 Å². The second-order valence-corrected chi connectivity index (χ2v) is 8.48. The van der Waals surface area contributed by atoms with Crippen molar-refractivity contribution in [3.8, 4) is 0 Å². The van der Waals surface area contributed by atoms with Crippen LogP contribution in [0.1, 0.15) is 54.0 Å². The van der Waals surface area contributed by atoms with Crippen LogP contribution in [-0.4, -0.2) is 21.3 Å². The molecule has 0 aliphatic rings. The van der Waals surface area contributed by atoms with E-state index in [2.05, 4.69) is 50.4 Å². The second-order valence-electron chi connectivity index (χ2n) is 8.48. The largest absolute Gasteiger partial charge is 0.347 e. The summed E-state index contributed by atoms with van der Waals surface area (Å²) in [6.07, 6.45) is 2.71. The minimum Gasteiger partial charge on any atom is -0.347 e. The smallest absolute Gasteiger partial charge is 0.268 e. The molecule has 0 saturated heterocycles. The molecule has 4 aromatic rings. The van der Waals surface area contributed by atoms with Crippen LogP contribution in [0.5, 0.6) is 0 Å². The highest BCUT2D eigenvalue weighted by atomic mass is 16.2. The molecule has 0 aliphatic carbocycles. The fourth-order valence-corrected chi connectivity index (χ4v) is 4.19. The summed E-state index contributed by atoms with van der Waals surface area (Å²) < 4.78 is 1.90. The topological polar surface area (TPSA) is 46.4 Å². The molecule has 31 heavy (non-hydrogen) atoms. The van der Waals surface area contributed by atoms with Crippen molar-refractivity contribution in [3.05, 3.63) is 108 Å². The molecule has 1 amide bonds. The van der Waals surface area contributed by atoms with Gasteiger partial charge >= 0.3 is 0 Å². The lowest BCUT2D eigenvalue weighted by Gasteiger charge is -2.29. The van der Waals surface area contributed by atoms with E-state index in [1.807, 2.05) is 65.2 Å². The number of nitrogens with one attached hydrogen (secondary N) is 1. The summed E-state index contributed by atoms with van der Waals surface area (Å²) in [4.78, 5) is 18.0. The number of fused-ring (bicyclic) bond motifs is 1. The Balaban J connectivity index is 1.59. The second kappa shape index (κ2) is 9.17. The van der Waals surface area contributed by atoms with Crippen LogP contribution in [0.3, 0.4) is 0 Å². The number of imidazole rings is 1. The SMILES string of the molecule is CC(C)C(NC(=O)c1cccc2nc(Cc3ccccc3)cn12)C(C)c1ccccc1. The van der Waals surface area contributed by atoms with E-state index in [0.29, 0.717) is 11.6 Å². The Bertz CT molecular complexity index is 1150. The van der Waals surface area contributed by atoms with Gasteiger partial charge in [0.2, 0.25) is 0 Å². The highest BCUT2D eigenvalue weighted by Gasteiger charge is 2.25. The standard InChI is InChI=1S/C27H29N3O/c1-19(2)26(20(3)22-13-8-5-9-14-22)29-27(31)24-15-10-16-25-28-23(18-30(24)25)17-21-11-6-4-7-12-21/h4-16,18-20,26H,17H2,1-3H3,(H,29,31). The number of amides is 1. The maximum absolute atomic E-state index is 13.3. The fourth-order valence-electron chi connectivity index (χ4n) is 4.19. The van der Waals surface area contributed by atoms with Crippen LogP contribution in [0.2, 0.25) is 0 Å². The Labute approximate surface area is 184 Å². The molecule has 2 heterocycles. The molecule has 0 bridgehead atoms. The molecule has 0 fully saturated rings. The fraction of sp³-hybridized carbons (Fsp3) is 0.259. The summed E-state index contributed by atoms with van der Waals surface area (Å²) in [6, 6.07) is 26.3. The van der Waals surface area contributed by atoms with Gasteiger partial charge in [0.25, 0.3) is 5.91 Å².